The van der Waals surface area contributed by atoms with Crippen molar-refractivity contribution in [1.29, 1.82) is 0 Å². The molecule has 1 atom stereocenters. The standard InChI is InChI=1S/C16H16ClN3O2/c1-11(14-8-4-5-9-18-14)20-15(21)10-19-16(22)12-6-2-3-7-13(12)17/h2-9,11H,10H2,1H3,(H,19,22)(H,20,21). The molecule has 2 aromatic rings. The molecule has 1 aromatic heterocycles. The van der Waals surface area contributed by atoms with Crippen LogP contribution in [0.3, 0.4) is 0 Å². The van der Waals surface area contributed by atoms with E-state index in [1.165, 1.54) is 0 Å². The van der Waals surface area contributed by atoms with E-state index in [1.54, 1.807) is 30.5 Å². The number of benzene rings is 1. The minimum Gasteiger partial charge on any atom is -0.346 e. The van der Waals surface area contributed by atoms with Crippen LogP contribution in [0.5, 0.6) is 0 Å². The molecule has 0 bridgehead atoms. The average Bonchev–Trinajstić information content (AvgIpc) is 2.54. The van der Waals surface area contributed by atoms with Crippen molar-refractivity contribution < 1.29 is 9.59 Å². The van der Waals surface area contributed by atoms with E-state index < -0.39 is 0 Å². The van der Waals surface area contributed by atoms with E-state index in [2.05, 4.69) is 15.6 Å². The number of nitrogens with one attached hydrogen (secondary N) is 2. The summed E-state index contributed by atoms with van der Waals surface area (Å²) in [4.78, 5) is 28.0. The number of pyridine rings is 1. The molecular formula is C16H16ClN3O2. The van der Waals surface area contributed by atoms with E-state index >= 15 is 0 Å². The van der Waals surface area contributed by atoms with Gasteiger partial charge in [-0.05, 0) is 31.2 Å². The van der Waals surface area contributed by atoms with Gasteiger partial charge in [0.25, 0.3) is 5.91 Å². The number of rotatable bonds is 5. The third kappa shape index (κ3) is 4.30. The first kappa shape index (κ1) is 16.0. The Bertz CT molecular complexity index is 661. The van der Waals surface area contributed by atoms with Crippen molar-refractivity contribution in [2.45, 2.75) is 13.0 Å². The van der Waals surface area contributed by atoms with Crippen LogP contribution in [0.25, 0.3) is 0 Å². The minimum atomic E-state index is -0.383. The largest absolute Gasteiger partial charge is 0.346 e. The van der Waals surface area contributed by atoms with E-state index in [0.717, 1.165) is 5.69 Å². The van der Waals surface area contributed by atoms with Crippen LogP contribution in [0.4, 0.5) is 0 Å². The van der Waals surface area contributed by atoms with Crippen molar-refractivity contribution in [1.82, 2.24) is 15.6 Å². The summed E-state index contributed by atoms with van der Waals surface area (Å²) >= 11 is 5.93. The Morgan fingerprint density at radius 2 is 1.91 bits per heavy atom. The molecule has 1 heterocycles. The summed E-state index contributed by atoms with van der Waals surface area (Å²) in [5, 5.41) is 5.66. The smallest absolute Gasteiger partial charge is 0.253 e. The lowest BCUT2D eigenvalue weighted by atomic mass is 10.2. The summed E-state index contributed by atoms with van der Waals surface area (Å²) in [6.07, 6.45) is 1.66. The van der Waals surface area contributed by atoms with Crippen LogP contribution in [0, 0.1) is 0 Å². The molecule has 0 aliphatic carbocycles. The first-order valence-electron chi connectivity index (χ1n) is 6.81. The molecule has 0 spiro atoms. The number of hydrogen-bond donors (Lipinski definition) is 2. The molecule has 6 heteroatoms. The van der Waals surface area contributed by atoms with Gasteiger partial charge in [0.05, 0.1) is 28.9 Å². The molecule has 1 unspecified atom stereocenters. The number of hydrogen-bond acceptors (Lipinski definition) is 3. The molecule has 0 fully saturated rings. The number of carbonyl (C=O) groups is 2. The molecule has 0 radical (unpaired) electrons. The van der Waals surface area contributed by atoms with Gasteiger partial charge in [0.2, 0.25) is 5.91 Å². The zero-order chi connectivity index (χ0) is 15.9. The van der Waals surface area contributed by atoms with Gasteiger partial charge in [0.1, 0.15) is 0 Å². The maximum Gasteiger partial charge on any atom is 0.253 e. The summed E-state index contributed by atoms with van der Waals surface area (Å²) in [6.45, 7) is 1.71. The Morgan fingerprint density at radius 3 is 2.59 bits per heavy atom. The van der Waals surface area contributed by atoms with E-state index in [0.29, 0.717) is 10.6 Å². The molecule has 2 amide bonds. The zero-order valence-corrected chi connectivity index (χ0v) is 12.8. The molecule has 2 N–H and O–H groups in total. The summed E-state index contributed by atoms with van der Waals surface area (Å²) in [5.74, 6) is -0.676. The maximum absolute atomic E-state index is 11.9. The lowest BCUT2D eigenvalue weighted by Gasteiger charge is -2.13. The van der Waals surface area contributed by atoms with Crippen LogP contribution in [0.2, 0.25) is 5.02 Å². The highest BCUT2D eigenvalue weighted by Crippen LogP contribution is 2.14. The summed E-state index contributed by atoms with van der Waals surface area (Å²) in [7, 11) is 0. The fraction of sp³-hybridized carbons (Fsp3) is 0.188. The second-order valence-corrected chi connectivity index (χ2v) is 5.11. The monoisotopic (exact) mass is 317 g/mol. The quantitative estimate of drug-likeness (QED) is 0.889. The molecule has 0 aliphatic rings. The predicted octanol–water partition coefficient (Wildman–Crippen LogP) is 2.34. The molecule has 2 rings (SSSR count). The highest BCUT2D eigenvalue weighted by Gasteiger charge is 2.13. The van der Waals surface area contributed by atoms with Gasteiger partial charge in [-0.1, -0.05) is 29.8 Å². The molecule has 0 saturated carbocycles. The Hall–Kier alpha value is -2.40. The lowest BCUT2D eigenvalue weighted by molar-refractivity contribution is -0.120. The van der Waals surface area contributed by atoms with Crippen molar-refractivity contribution in [2.24, 2.45) is 0 Å². The Kier molecular flexibility index (Phi) is 5.49. The SMILES string of the molecule is CC(NC(=O)CNC(=O)c1ccccc1Cl)c1ccccn1. The van der Waals surface area contributed by atoms with Gasteiger partial charge in [-0.3, -0.25) is 14.6 Å². The number of nitrogens with zero attached hydrogens (tertiary/aromatic N) is 1. The fourth-order valence-corrected chi connectivity index (χ4v) is 2.12. The highest BCUT2D eigenvalue weighted by molar-refractivity contribution is 6.33. The van der Waals surface area contributed by atoms with E-state index in [-0.39, 0.29) is 24.4 Å². The number of aromatic nitrogens is 1. The zero-order valence-electron chi connectivity index (χ0n) is 12.0. The van der Waals surface area contributed by atoms with Crippen molar-refractivity contribution in [3.63, 3.8) is 0 Å². The van der Waals surface area contributed by atoms with E-state index in [9.17, 15) is 9.59 Å². The van der Waals surface area contributed by atoms with Gasteiger partial charge in [-0.15, -0.1) is 0 Å². The van der Waals surface area contributed by atoms with E-state index in [4.69, 9.17) is 11.6 Å². The Morgan fingerprint density at radius 1 is 1.18 bits per heavy atom. The average molecular weight is 318 g/mol. The normalized spacial score (nSPS) is 11.5. The van der Waals surface area contributed by atoms with Gasteiger partial charge in [0, 0.05) is 6.20 Å². The topological polar surface area (TPSA) is 71.1 Å². The van der Waals surface area contributed by atoms with E-state index in [1.807, 2.05) is 25.1 Å². The molecule has 22 heavy (non-hydrogen) atoms. The summed E-state index contributed by atoms with van der Waals surface area (Å²) in [6, 6.07) is 11.9. The van der Waals surface area contributed by atoms with Crippen LogP contribution in [0.15, 0.2) is 48.7 Å². The van der Waals surface area contributed by atoms with Crippen LogP contribution < -0.4 is 10.6 Å². The van der Waals surface area contributed by atoms with Crippen LogP contribution in [-0.4, -0.2) is 23.3 Å². The first-order valence-corrected chi connectivity index (χ1v) is 7.18. The second-order valence-electron chi connectivity index (χ2n) is 4.71. The second kappa shape index (κ2) is 7.56. The van der Waals surface area contributed by atoms with Gasteiger partial charge < -0.3 is 10.6 Å². The Labute approximate surface area is 133 Å². The first-order chi connectivity index (χ1) is 10.6. The fourth-order valence-electron chi connectivity index (χ4n) is 1.90. The lowest BCUT2D eigenvalue weighted by Crippen LogP contribution is -2.38. The molecule has 0 aliphatic heterocycles. The molecule has 0 saturated heterocycles. The van der Waals surface area contributed by atoms with Crippen LogP contribution in [0.1, 0.15) is 29.0 Å². The Balaban J connectivity index is 1.85. The van der Waals surface area contributed by atoms with Crippen molar-refractivity contribution in [2.75, 3.05) is 6.54 Å². The van der Waals surface area contributed by atoms with Gasteiger partial charge in [-0.2, -0.15) is 0 Å². The highest BCUT2D eigenvalue weighted by atomic mass is 35.5. The van der Waals surface area contributed by atoms with Crippen molar-refractivity contribution in [3.05, 3.63) is 64.9 Å². The number of amides is 2. The molecular weight excluding hydrogens is 302 g/mol. The van der Waals surface area contributed by atoms with Crippen molar-refractivity contribution in [3.8, 4) is 0 Å². The maximum atomic E-state index is 11.9. The predicted molar refractivity (Wildman–Crippen MR) is 84.6 cm³/mol. The third-order valence-electron chi connectivity index (χ3n) is 3.04. The van der Waals surface area contributed by atoms with Crippen molar-refractivity contribution >= 4 is 23.4 Å². The molecule has 5 nitrogen and oxygen atoms in total. The third-order valence-corrected chi connectivity index (χ3v) is 3.37. The number of halogens is 1. The summed E-state index contributed by atoms with van der Waals surface area (Å²) < 4.78 is 0. The van der Waals surface area contributed by atoms with Crippen LogP contribution in [-0.2, 0) is 4.79 Å². The van der Waals surface area contributed by atoms with Gasteiger partial charge >= 0.3 is 0 Å². The summed E-state index contributed by atoms with van der Waals surface area (Å²) in [5.41, 5.74) is 1.10. The minimum absolute atomic E-state index is 0.124. The van der Waals surface area contributed by atoms with Crippen LogP contribution >= 0.6 is 11.6 Å². The number of carbonyl (C=O) groups excluding carboxylic acids is 2. The molecule has 1 aromatic carbocycles. The van der Waals surface area contributed by atoms with Gasteiger partial charge in [-0.25, -0.2) is 0 Å². The molecule has 114 valence electrons. The van der Waals surface area contributed by atoms with Gasteiger partial charge in [0.15, 0.2) is 0 Å².